The van der Waals surface area contributed by atoms with E-state index in [0.29, 0.717) is 10.7 Å². The Morgan fingerprint density at radius 1 is 1.43 bits per heavy atom. The number of phenolic OH excluding ortho intramolecular Hbond substituents is 1. The molecule has 0 aliphatic heterocycles. The van der Waals surface area contributed by atoms with E-state index in [1.54, 1.807) is 12.1 Å². The predicted molar refractivity (Wildman–Crippen MR) is 54.7 cm³/mol. The Balaban J connectivity index is 2.59. The molecule has 0 saturated heterocycles. The Morgan fingerprint density at radius 3 is 2.71 bits per heavy atom. The average Bonchev–Trinajstić information content (AvgIpc) is 2.16. The fraction of sp³-hybridized carbons (Fsp3) is 0.333. The number of benzene rings is 1. The van der Waals surface area contributed by atoms with Crippen LogP contribution in [0.4, 0.5) is 5.69 Å². The highest BCUT2D eigenvalue weighted by Crippen LogP contribution is 2.26. The van der Waals surface area contributed by atoms with Gasteiger partial charge in [0.1, 0.15) is 5.75 Å². The molecule has 0 aliphatic carbocycles. The number of aliphatic hydroxyl groups is 2. The van der Waals surface area contributed by atoms with Crippen molar-refractivity contribution in [2.45, 2.75) is 6.10 Å². The molecule has 0 spiro atoms. The number of phenols is 1. The van der Waals surface area contributed by atoms with Gasteiger partial charge in [-0.2, -0.15) is 0 Å². The van der Waals surface area contributed by atoms with Crippen LogP contribution in [0.5, 0.6) is 5.75 Å². The van der Waals surface area contributed by atoms with Crippen LogP contribution in [-0.2, 0) is 0 Å². The molecule has 0 saturated carbocycles. The molecule has 1 aromatic rings. The van der Waals surface area contributed by atoms with Crippen molar-refractivity contribution in [3.63, 3.8) is 0 Å². The summed E-state index contributed by atoms with van der Waals surface area (Å²) in [4.78, 5) is 0. The van der Waals surface area contributed by atoms with E-state index in [1.807, 2.05) is 0 Å². The summed E-state index contributed by atoms with van der Waals surface area (Å²) in [6.45, 7) is -0.146. The largest absolute Gasteiger partial charge is 0.506 e. The van der Waals surface area contributed by atoms with Crippen LogP contribution in [0, 0.1) is 0 Å². The number of anilines is 1. The molecular formula is C9H12ClNO3. The van der Waals surface area contributed by atoms with E-state index in [1.165, 1.54) is 6.07 Å². The van der Waals surface area contributed by atoms with E-state index in [9.17, 15) is 5.11 Å². The molecule has 1 atom stereocenters. The normalized spacial score (nSPS) is 12.5. The van der Waals surface area contributed by atoms with Gasteiger partial charge < -0.3 is 20.6 Å². The lowest BCUT2D eigenvalue weighted by Gasteiger charge is -2.11. The maximum absolute atomic E-state index is 9.39. The molecule has 0 radical (unpaired) electrons. The van der Waals surface area contributed by atoms with E-state index in [4.69, 9.17) is 21.8 Å². The van der Waals surface area contributed by atoms with E-state index in [2.05, 4.69) is 5.32 Å². The summed E-state index contributed by atoms with van der Waals surface area (Å²) in [6, 6.07) is 4.62. The molecule has 0 amide bonds. The summed E-state index contributed by atoms with van der Waals surface area (Å²) >= 11 is 5.63. The van der Waals surface area contributed by atoms with Crippen molar-refractivity contribution < 1.29 is 15.3 Å². The van der Waals surface area contributed by atoms with Gasteiger partial charge in [0.05, 0.1) is 18.4 Å². The lowest BCUT2D eigenvalue weighted by Crippen LogP contribution is -2.22. The van der Waals surface area contributed by atoms with Crippen LogP contribution < -0.4 is 5.32 Å². The minimum atomic E-state index is -0.843. The first-order valence-electron chi connectivity index (χ1n) is 4.15. The van der Waals surface area contributed by atoms with Crippen molar-refractivity contribution in [3.8, 4) is 5.75 Å². The van der Waals surface area contributed by atoms with Crippen LogP contribution >= 0.6 is 11.6 Å². The van der Waals surface area contributed by atoms with Gasteiger partial charge in [-0.05, 0) is 12.1 Å². The number of nitrogens with one attached hydrogen (secondary N) is 1. The van der Waals surface area contributed by atoms with Crippen LogP contribution in [0.25, 0.3) is 0 Å². The third-order valence-electron chi connectivity index (χ3n) is 1.70. The summed E-state index contributed by atoms with van der Waals surface area (Å²) < 4.78 is 0. The van der Waals surface area contributed by atoms with Crippen LogP contribution in [0.2, 0.25) is 5.02 Å². The molecule has 0 aliphatic rings. The molecule has 0 bridgehead atoms. The molecular weight excluding hydrogens is 206 g/mol. The molecule has 1 rings (SSSR count). The Hall–Kier alpha value is -0.970. The van der Waals surface area contributed by atoms with E-state index in [0.717, 1.165) is 0 Å². The average molecular weight is 218 g/mol. The third kappa shape index (κ3) is 3.06. The Labute approximate surface area is 86.8 Å². The maximum atomic E-state index is 9.39. The molecule has 0 fully saturated rings. The Bertz CT molecular complexity index is 306. The molecule has 5 heteroatoms. The van der Waals surface area contributed by atoms with Crippen LogP contribution in [0.1, 0.15) is 0 Å². The highest BCUT2D eigenvalue weighted by molar-refractivity contribution is 6.30. The van der Waals surface area contributed by atoms with E-state index < -0.39 is 6.10 Å². The van der Waals surface area contributed by atoms with Crippen molar-refractivity contribution >= 4 is 17.3 Å². The van der Waals surface area contributed by atoms with Gasteiger partial charge in [0.2, 0.25) is 0 Å². The number of aromatic hydroxyl groups is 1. The third-order valence-corrected chi connectivity index (χ3v) is 1.93. The Kier molecular flexibility index (Phi) is 4.00. The molecule has 4 N–H and O–H groups in total. The molecule has 4 nitrogen and oxygen atoms in total. The second-order valence-corrected chi connectivity index (χ2v) is 3.32. The summed E-state index contributed by atoms with van der Waals surface area (Å²) in [5.74, 6) is 0.0163. The van der Waals surface area contributed by atoms with Gasteiger partial charge in [-0.15, -0.1) is 0 Å². The number of hydrogen-bond acceptors (Lipinski definition) is 4. The van der Waals surface area contributed by atoms with Crippen molar-refractivity contribution in [2.75, 3.05) is 18.5 Å². The highest BCUT2D eigenvalue weighted by Gasteiger charge is 2.04. The smallest absolute Gasteiger partial charge is 0.140 e. The standard InChI is InChI=1S/C9H12ClNO3/c10-6-1-2-8(9(14)3-6)11-4-7(13)5-12/h1-3,7,11-14H,4-5H2. The predicted octanol–water partition coefficient (Wildman–Crippen LogP) is 0.811. The fourth-order valence-corrected chi connectivity index (χ4v) is 1.11. The summed E-state index contributed by atoms with van der Waals surface area (Å²) in [6.07, 6.45) is -0.843. The summed E-state index contributed by atoms with van der Waals surface area (Å²) in [5.41, 5.74) is 0.474. The lowest BCUT2D eigenvalue weighted by molar-refractivity contribution is 0.105. The first kappa shape index (κ1) is 11.1. The summed E-state index contributed by atoms with van der Waals surface area (Å²) in [7, 11) is 0. The van der Waals surface area contributed by atoms with Gasteiger partial charge in [0.25, 0.3) is 0 Å². The zero-order chi connectivity index (χ0) is 10.6. The minimum Gasteiger partial charge on any atom is -0.506 e. The minimum absolute atomic E-state index is 0.0163. The highest BCUT2D eigenvalue weighted by atomic mass is 35.5. The summed E-state index contributed by atoms with van der Waals surface area (Å²) in [5, 5.41) is 30.2. The first-order chi connectivity index (χ1) is 6.63. The van der Waals surface area contributed by atoms with Crippen molar-refractivity contribution in [1.82, 2.24) is 0 Å². The number of aliphatic hydroxyl groups excluding tert-OH is 2. The van der Waals surface area contributed by atoms with E-state index in [-0.39, 0.29) is 18.9 Å². The van der Waals surface area contributed by atoms with E-state index >= 15 is 0 Å². The zero-order valence-corrected chi connectivity index (χ0v) is 8.20. The Morgan fingerprint density at radius 2 is 2.14 bits per heavy atom. The van der Waals surface area contributed by atoms with Gasteiger partial charge in [-0.25, -0.2) is 0 Å². The second-order valence-electron chi connectivity index (χ2n) is 2.88. The van der Waals surface area contributed by atoms with Gasteiger partial charge in [0, 0.05) is 17.6 Å². The van der Waals surface area contributed by atoms with Gasteiger partial charge >= 0.3 is 0 Å². The fourth-order valence-electron chi connectivity index (χ4n) is 0.947. The maximum Gasteiger partial charge on any atom is 0.140 e. The number of halogens is 1. The number of rotatable bonds is 4. The molecule has 1 aromatic carbocycles. The van der Waals surface area contributed by atoms with Crippen molar-refractivity contribution in [3.05, 3.63) is 23.2 Å². The van der Waals surface area contributed by atoms with Gasteiger partial charge in [0.15, 0.2) is 0 Å². The van der Waals surface area contributed by atoms with Crippen LogP contribution in [0.15, 0.2) is 18.2 Å². The van der Waals surface area contributed by atoms with Crippen molar-refractivity contribution in [1.29, 1.82) is 0 Å². The molecule has 0 aromatic heterocycles. The topological polar surface area (TPSA) is 72.7 Å². The lowest BCUT2D eigenvalue weighted by atomic mass is 10.2. The van der Waals surface area contributed by atoms with Gasteiger partial charge in [-0.3, -0.25) is 0 Å². The number of hydrogen-bond donors (Lipinski definition) is 4. The molecule has 1 unspecified atom stereocenters. The molecule has 0 heterocycles. The first-order valence-corrected chi connectivity index (χ1v) is 4.52. The molecule has 78 valence electrons. The van der Waals surface area contributed by atoms with Crippen LogP contribution in [-0.4, -0.2) is 34.6 Å². The van der Waals surface area contributed by atoms with Crippen molar-refractivity contribution in [2.24, 2.45) is 0 Å². The second kappa shape index (κ2) is 5.05. The quantitative estimate of drug-likeness (QED) is 0.564. The SMILES string of the molecule is OCC(O)CNc1ccc(Cl)cc1O. The monoisotopic (exact) mass is 217 g/mol. The van der Waals surface area contributed by atoms with Crippen LogP contribution in [0.3, 0.4) is 0 Å². The van der Waals surface area contributed by atoms with Gasteiger partial charge in [-0.1, -0.05) is 11.6 Å². The zero-order valence-electron chi connectivity index (χ0n) is 7.44. The molecule has 14 heavy (non-hydrogen) atoms.